The molecule has 1 fully saturated rings. The maximum absolute atomic E-state index is 12.5. The number of carbonyl (C=O) groups is 2. The predicted octanol–water partition coefficient (Wildman–Crippen LogP) is 4.28. The van der Waals surface area contributed by atoms with Crippen LogP contribution in [0.25, 0.3) is 0 Å². The molecule has 0 aliphatic carbocycles. The van der Waals surface area contributed by atoms with Crippen molar-refractivity contribution in [3.05, 3.63) is 54.0 Å². The van der Waals surface area contributed by atoms with E-state index >= 15 is 0 Å². The minimum Gasteiger partial charge on any atom is -0.459 e. The van der Waals surface area contributed by atoms with Crippen molar-refractivity contribution >= 4 is 17.5 Å². The number of hydrogen-bond donors (Lipinski definition) is 1. The third-order valence-corrected chi connectivity index (χ3v) is 5.24. The van der Waals surface area contributed by atoms with Crippen molar-refractivity contribution < 1.29 is 14.0 Å². The smallest absolute Gasteiger partial charge is 0.289 e. The Bertz CT molecular complexity index is 729. The second-order valence-electron chi connectivity index (χ2n) is 6.96. The van der Waals surface area contributed by atoms with Crippen molar-refractivity contribution in [2.45, 2.75) is 39.0 Å². The number of furan rings is 1. The number of nitrogens with zero attached hydrogens (tertiary/aromatic N) is 1. The van der Waals surface area contributed by atoms with E-state index in [1.807, 2.05) is 12.1 Å². The first-order valence-electron chi connectivity index (χ1n) is 9.32. The van der Waals surface area contributed by atoms with Gasteiger partial charge in [-0.1, -0.05) is 26.0 Å². The fourth-order valence-electron chi connectivity index (χ4n) is 3.28. The minimum atomic E-state index is -0.102. The lowest BCUT2D eigenvalue weighted by atomic mass is 9.95. The van der Waals surface area contributed by atoms with E-state index < -0.39 is 0 Å². The monoisotopic (exact) mass is 354 g/mol. The highest BCUT2D eigenvalue weighted by Crippen LogP contribution is 2.23. The second-order valence-corrected chi connectivity index (χ2v) is 6.96. The molecular weight excluding hydrogens is 328 g/mol. The fraction of sp³-hybridized carbons (Fsp3) is 0.429. The van der Waals surface area contributed by atoms with E-state index in [1.54, 1.807) is 17.0 Å². The van der Waals surface area contributed by atoms with Gasteiger partial charge in [-0.05, 0) is 55.0 Å². The first kappa shape index (κ1) is 18.2. The van der Waals surface area contributed by atoms with Gasteiger partial charge in [-0.25, -0.2) is 0 Å². The minimum absolute atomic E-state index is 0.0337. The number of nitrogens with one attached hydrogen (secondary N) is 1. The maximum atomic E-state index is 12.5. The van der Waals surface area contributed by atoms with Crippen LogP contribution in [0, 0.1) is 5.92 Å². The summed E-state index contributed by atoms with van der Waals surface area (Å²) in [6.45, 7) is 5.52. The molecule has 5 nitrogen and oxygen atoms in total. The van der Waals surface area contributed by atoms with Crippen LogP contribution in [0.15, 0.2) is 47.1 Å². The maximum Gasteiger partial charge on any atom is 0.289 e. The van der Waals surface area contributed by atoms with Crippen LogP contribution in [0.3, 0.4) is 0 Å². The van der Waals surface area contributed by atoms with Crippen molar-refractivity contribution in [2.24, 2.45) is 5.92 Å². The summed E-state index contributed by atoms with van der Waals surface area (Å²) in [7, 11) is 0. The highest BCUT2D eigenvalue weighted by atomic mass is 16.3. The first-order chi connectivity index (χ1) is 12.6. The average Bonchev–Trinajstić information content (AvgIpc) is 3.22. The molecule has 1 aromatic carbocycles. The van der Waals surface area contributed by atoms with Crippen LogP contribution in [-0.2, 0) is 4.79 Å². The molecule has 1 atom stereocenters. The summed E-state index contributed by atoms with van der Waals surface area (Å²) in [5.41, 5.74) is 2.12. The molecule has 0 bridgehead atoms. The van der Waals surface area contributed by atoms with Gasteiger partial charge in [0.2, 0.25) is 5.91 Å². The van der Waals surface area contributed by atoms with Gasteiger partial charge in [-0.2, -0.15) is 0 Å². The molecule has 0 radical (unpaired) electrons. The summed E-state index contributed by atoms with van der Waals surface area (Å²) in [5.74, 6) is 0.746. The van der Waals surface area contributed by atoms with Gasteiger partial charge >= 0.3 is 0 Å². The molecule has 1 N–H and O–H groups in total. The number of amides is 2. The lowest BCUT2D eigenvalue weighted by Gasteiger charge is -2.30. The lowest BCUT2D eigenvalue weighted by molar-refractivity contribution is -0.121. The molecule has 1 aliphatic heterocycles. The van der Waals surface area contributed by atoms with Crippen LogP contribution in [0.5, 0.6) is 0 Å². The lowest BCUT2D eigenvalue weighted by Crippen LogP contribution is -2.41. The summed E-state index contributed by atoms with van der Waals surface area (Å²) in [6.07, 6.45) is 3.94. The highest BCUT2D eigenvalue weighted by molar-refractivity contribution is 5.94. The molecule has 138 valence electrons. The van der Waals surface area contributed by atoms with Crippen molar-refractivity contribution in [1.29, 1.82) is 0 Å². The van der Waals surface area contributed by atoms with Crippen LogP contribution in [-0.4, -0.2) is 29.8 Å². The Morgan fingerprint density at radius 2 is 1.88 bits per heavy atom. The Morgan fingerprint density at radius 3 is 2.46 bits per heavy atom. The molecule has 0 spiro atoms. The van der Waals surface area contributed by atoms with E-state index in [4.69, 9.17) is 4.42 Å². The Morgan fingerprint density at radius 1 is 1.19 bits per heavy atom. The van der Waals surface area contributed by atoms with Gasteiger partial charge in [0.25, 0.3) is 5.91 Å². The molecule has 3 rings (SSSR count). The van der Waals surface area contributed by atoms with Crippen molar-refractivity contribution in [3.8, 4) is 0 Å². The van der Waals surface area contributed by atoms with Crippen molar-refractivity contribution in [2.75, 3.05) is 18.4 Å². The van der Waals surface area contributed by atoms with E-state index in [0.29, 0.717) is 37.6 Å². The standard InChI is InChI=1S/C21H26N2O3/c1-3-15(2)16-6-8-18(9-7-16)22-20(24)17-10-12-23(13-11-17)21(25)19-5-4-14-26-19/h4-9,14-15,17H,3,10-13H2,1-2H3,(H,22,24)/t15-/m1/s1. The summed E-state index contributed by atoms with van der Waals surface area (Å²) in [4.78, 5) is 26.5. The molecule has 2 heterocycles. The molecule has 0 unspecified atom stereocenters. The van der Waals surface area contributed by atoms with E-state index in [1.165, 1.54) is 11.8 Å². The molecule has 5 heteroatoms. The number of likely N-dealkylation sites (tertiary alicyclic amines) is 1. The zero-order valence-electron chi connectivity index (χ0n) is 15.4. The normalized spacial score (nSPS) is 16.3. The number of piperidine rings is 1. The van der Waals surface area contributed by atoms with E-state index in [0.717, 1.165) is 12.1 Å². The van der Waals surface area contributed by atoms with Gasteiger partial charge in [0.05, 0.1) is 6.26 Å². The Hall–Kier alpha value is -2.56. The van der Waals surface area contributed by atoms with Crippen LogP contribution < -0.4 is 5.32 Å². The second kappa shape index (κ2) is 8.21. The number of anilines is 1. The topological polar surface area (TPSA) is 62.6 Å². The first-order valence-corrected chi connectivity index (χ1v) is 9.32. The summed E-state index contributed by atoms with van der Waals surface area (Å²) in [5, 5.41) is 3.01. The van der Waals surface area contributed by atoms with Gasteiger partial charge in [0.1, 0.15) is 0 Å². The largest absolute Gasteiger partial charge is 0.459 e. The van der Waals surface area contributed by atoms with Gasteiger partial charge < -0.3 is 14.6 Å². The van der Waals surface area contributed by atoms with E-state index in [9.17, 15) is 9.59 Å². The van der Waals surface area contributed by atoms with E-state index in [-0.39, 0.29) is 17.7 Å². The summed E-state index contributed by atoms with van der Waals surface area (Å²) >= 11 is 0. The molecule has 1 saturated heterocycles. The zero-order valence-corrected chi connectivity index (χ0v) is 15.4. The van der Waals surface area contributed by atoms with E-state index in [2.05, 4.69) is 31.3 Å². The molecule has 2 amide bonds. The Balaban J connectivity index is 1.51. The van der Waals surface area contributed by atoms with Crippen molar-refractivity contribution in [1.82, 2.24) is 4.90 Å². The third kappa shape index (κ3) is 4.15. The third-order valence-electron chi connectivity index (χ3n) is 5.24. The van der Waals surface area contributed by atoms with Gasteiger partial charge in [-0.3, -0.25) is 9.59 Å². The van der Waals surface area contributed by atoms with Gasteiger partial charge in [0, 0.05) is 24.7 Å². The van der Waals surface area contributed by atoms with Crippen LogP contribution in [0.4, 0.5) is 5.69 Å². The predicted molar refractivity (Wildman–Crippen MR) is 101 cm³/mol. The summed E-state index contributed by atoms with van der Waals surface area (Å²) < 4.78 is 5.17. The summed E-state index contributed by atoms with van der Waals surface area (Å²) in [6, 6.07) is 11.5. The Kier molecular flexibility index (Phi) is 5.76. The van der Waals surface area contributed by atoms with Gasteiger partial charge in [-0.15, -0.1) is 0 Å². The number of benzene rings is 1. The number of carbonyl (C=O) groups excluding carboxylic acids is 2. The molecule has 1 aliphatic rings. The van der Waals surface area contributed by atoms with Crippen LogP contribution >= 0.6 is 0 Å². The molecule has 1 aromatic heterocycles. The molecule has 0 saturated carbocycles. The molecular formula is C21H26N2O3. The van der Waals surface area contributed by atoms with Crippen LogP contribution in [0.2, 0.25) is 0 Å². The Labute approximate surface area is 154 Å². The molecule has 26 heavy (non-hydrogen) atoms. The van der Waals surface area contributed by atoms with Gasteiger partial charge in [0.15, 0.2) is 5.76 Å². The van der Waals surface area contributed by atoms with Crippen LogP contribution in [0.1, 0.15) is 55.1 Å². The number of hydrogen-bond acceptors (Lipinski definition) is 3. The fourth-order valence-corrected chi connectivity index (χ4v) is 3.28. The number of rotatable bonds is 5. The SMILES string of the molecule is CC[C@@H](C)c1ccc(NC(=O)C2CCN(C(=O)c3ccco3)CC2)cc1. The quantitative estimate of drug-likeness (QED) is 0.871. The average molecular weight is 354 g/mol. The zero-order chi connectivity index (χ0) is 18.5. The molecule has 2 aromatic rings. The highest BCUT2D eigenvalue weighted by Gasteiger charge is 2.28. The van der Waals surface area contributed by atoms with Crippen molar-refractivity contribution in [3.63, 3.8) is 0 Å².